The third kappa shape index (κ3) is 4.39. The lowest BCUT2D eigenvalue weighted by Gasteiger charge is -2.13. The van der Waals surface area contributed by atoms with E-state index in [1.807, 2.05) is 0 Å². The first kappa shape index (κ1) is 20.4. The number of imide groups is 1. The lowest BCUT2D eigenvalue weighted by atomic mass is 10.2. The summed E-state index contributed by atoms with van der Waals surface area (Å²) >= 11 is 13.7. The third-order valence-electron chi connectivity index (χ3n) is 3.74. The van der Waals surface area contributed by atoms with Crippen LogP contribution in [0.1, 0.15) is 11.1 Å². The quantitative estimate of drug-likeness (QED) is 0.435. The van der Waals surface area contributed by atoms with Crippen LogP contribution in [-0.2, 0) is 11.3 Å². The molecule has 3 rings (SSSR count). The lowest BCUT2D eigenvalue weighted by Crippen LogP contribution is -2.27. The molecule has 0 spiro atoms. The number of carbonyl (C=O) groups is 2. The Kier molecular flexibility index (Phi) is 6.30. The van der Waals surface area contributed by atoms with Crippen LogP contribution in [0.2, 0.25) is 5.02 Å². The lowest BCUT2D eigenvalue weighted by molar-refractivity contribution is -0.123. The number of hydrogen-bond donors (Lipinski definition) is 0. The molecule has 1 aliphatic heterocycles. The van der Waals surface area contributed by atoms with Crippen LogP contribution >= 0.6 is 55.2 Å². The van der Waals surface area contributed by atoms with Crippen molar-refractivity contribution in [1.29, 1.82) is 0 Å². The molecule has 0 unspecified atom stereocenters. The van der Waals surface area contributed by atoms with Gasteiger partial charge in [0.15, 0.2) is 0 Å². The predicted molar refractivity (Wildman–Crippen MR) is 111 cm³/mol. The standard InChI is InChI=1S/C18H11Br2ClFNO3S/c1-26-16-12(19)4-9(5-13(16)20)6-15-17(24)23(18(25)27-15)8-10-2-3-11(22)7-14(10)21/h2-7H,8H2,1H3/b15-6-. The van der Waals surface area contributed by atoms with Crippen molar-refractivity contribution in [3.05, 3.63) is 66.1 Å². The van der Waals surface area contributed by atoms with Crippen LogP contribution in [-0.4, -0.2) is 23.2 Å². The number of thioether (sulfide) groups is 1. The first-order valence-electron chi connectivity index (χ1n) is 7.52. The highest BCUT2D eigenvalue weighted by Crippen LogP contribution is 2.38. The van der Waals surface area contributed by atoms with E-state index in [1.165, 1.54) is 12.1 Å². The Hall–Kier alpha value is -1.35. The van der Waals surface area contributed by atoms with E-state index in [4.69, 9.17) is 16.3 Å². The Bertz CT molecular complexity index is 960. The van der Waals surface area contributed by atoms with Gasteiger partial charge in [-0.1, -0.05) is 17.7 Å². The van der Waals surface area contributed by atoms with Gasteiger partial charge in [0.1, 0.15) is 11.6 Å². The molecule has 0 bridgehead atoms. The van der Waals surface area contributed by atoms with Gasteiger partial charge >= 0.3 is 0 Å². The average Bonchev–Trinajstić information content (AvgIpc) is 2.84. The number of amides is 2. The monoisotopic (exact) mass is 533 g/mol. The Balaban J connectivity index is 1.86. The van der Waals surface area contributed by atoms with Gasteiger partial charge in [-0.2, -0.15) is 0 Å². The molecular weight excluding hydrogens is 525 g/mol. The largest absolute Gasteiger partial charge is 0.494 e. The molecular formula is C18H11Br2ClFNO3S. The van der Waals surface area contributed by atoms with Crippen molar-refractivity contribution >= 4 is 72.4 Å². The Morgan fingerprint density at radius 2 is 1.89 bits per heavy atom. The second kappa shape index (κ2) is 8.34. The van der Waals surface area contributed by atoms with E-state index >= 15 is 0 Å². The minimum absolute atomic E-state index is 0.0167. The highest BCUT2D eigenvalue weighted by molar-refractivity contribution is 9.11. The Morgan fingerprint density at radius 1 is 1.22 bits per heavy atom. The molecule has 2 aromatic carbocycles. The SMILES string of the molecule is COc1c(Br)cc(/C=C2\SC(=O)N(Cc3ccc(F)cc3Cl)C2=O)cc1Br. The number of nitrogens with zero attached hydrogens (tertiary/aromatic N) is 1. The fourth-order valence-corrected chi connectivity index (χ4v) is 5.08. The van der Waals surface area contributed by atoms with Crippen LogP contribution in [0, 0.1) is 5.82 Å². The molecule has 1 heterocycles. The van der Waals surface area contributed by atoms with Crippen molar-refractivity contribution in [2.45, 2.75) is 6.54 Å². The number of methoxy groups -OCH3 is 1. The van der Waals surface area contributed by atoms with Gasteiger partial charge < -0.3 is 4.74 Å². The van der Waals surface area contributed by atoms with Crippen LogP contribution in [0.4, 0.5) is 9.18 Å². The van der Waals surface area contributed by atoms with Crippen LogP contribution in [0.25, 0.3) is 6.08 Å². The maximum atomic E-state index is 13.2. The molecule has 1 saturated heterocycles. The predicted octanol–water partition coefficient (Wildman–Crippen LogP) is 6.25. The van der Waals surface area contributed by atoms with E-state index in [1.54, 1.807) is 25.3 Å². The number of ether oxygens (including phenoxy) is 1. The summed E-state index contributed by atoms with van der Waals surface area (Å²) in [4.78, 5) is 26.3. The molecule has 0 saturated carbocycles. The van der Waals surface area contributed by atoms with Crippen LogP contribution in [0.5, 0.6) is 5.75 Å². The van der Waals surface area contributed by atoms with Gasteiger partial charge in [0.25, 0.3) is 11.1 Å². The van der Waals surface area contributed by atoms with Crippen molar-refractivity contribution in [3.8, 4) is 5.75 Å². The molecule has 9 heteroatoms. The van der Waals surface area contributed by atoms with Gasteiger partial charge in [-0.25, -0.2) is 4.39 Å². The molecule has 0 aliphatic carbocycles. The maximum absolute atomic E-state index is 13.2. The van der Waals surface area contributed by atoms with E-state index in [2.05, 4.69) is 31.9 Å². The first-order chi connectivity index (χ1) is 12.8. The fourth-order valence-electron chi connectivity index (χ4n) is 2.47. The minimum Gasteiger partial charge on any atom is -0.494 e. The zero-order valence-corrected chi connectivity index (χ0v) is 18.5. The molecule has 27 heavy (non-hydrogen) atoms. The normalized spacial score (nSPS) is 15.7. The summed E-state index contributed by atoms with van der Waals surface area (Å²) in [5, 5.41) is -0.237. The molecule has 140 valence electrons. The summed E-state index contributed by atoms with van der Waals surface area (Å²) in [6.45, 7) is -0.0167. The zero-order valence-electron chi connectivity index (χ0n) is 13.8. The minimum atomic E-state index is -0.478. The molecule has 2 aromatic rings. The van der Waals surface area contributed by atoms with E-state index in [0.29, 0.717) is 25.2 Å². The van der Waals surface area contributed by atoms with E-state index in [-0.39, 0.29) is 11.6 Å². The Morgan fingerprint density at radius 3 is 2.48 bits per heavy atom. The van der Waals surface area contributed by atoms with Crippen molar-refractivity contribution in [1.82, 2.24) is 4.90 Å². The number of hydrogen-bond acceptors (Lipinski definition) is 4. The first-order valence-corrected chi connectivity index (χ1v) is 10.3. The van der Waals surface area contributed by atoms with Crippen molar-refractivity contribution in [2.24, 2.45) is 0 Å². The summed E-state index contributed by atoms with van der Waals surface area (Å²) < 4.78 is 19.9. The molecule has 2 amide bonds. The maximum Gasteiger partial charge on any atom is 0.293 e. The topological polar surface area (TPSA) is 46.6 Å². The summed E-state index contributed by atoms with van der Waals surface area (Å²) in [5.74, 6) is -0.270. The highest BCUT2D eigenvalue weighted by Gasteiger charge is 2.35. The van der Waals surface area contributed by atoms with Crippen LogP contribution in [0.15, 0.2) is 44.2 Å². The average molecular weight is 536 g/mol. The summed E-state index contributed by atoms with van der Waals surface area (Å²) in [6, 6.07) is 7.42. The fraction of sp³-hybridized carbons (Fsp3) is 0.111. The second-order valence-electron chi connectivity index (χ2n) is 5.52. The molecule has 1 aliphatic rings. The van der Waals surface area contributed by atoms with E-state index in [9.17, 15) is 14.0 Å². The van der Waals surface area contributed by atoms with Gasteiger partial charge in [-0.3, -0.25) is 14.5 Å². The second-order valence-corrected chi connectivity index (χ2v) is 8.63. The smallest absolute Gasteiger partial charge is 0.293 e. The van der Waals surface area contributed by atoms with Crippen LogP contribution < -0.4 is 4.74 Å². The molecule has 0 N–H and O–H groups in total. The van der Waals surface area contributed by atoms with Gasteiger partial charge in [-0.15, -0.1) is 0 Å². The number of rotatable bonds is 4. The molecule has 1 fully saturated rings. The van der Waals surface area contributed by atoms with Crippen LogP contribution in [0.3, 0.4) is 0 Å². The van der Waals surface area contributed by atoms with E-state index < -0.39 is 17.0 Å². The molecule has 0 radical (unpaired) electrons. The summed E-state index contributed by atoms with van der Waals surface area (Å²) in [7, 11) is 1.55. The summed E-state index contributed by atoms with van der Waals surface area (Å²) in [5.41, 5.74) is 1.22. The van der Waals surface area contributed by atoms with Crippen molar-refractivity contribution in [3.63, 3.8) is 0 Å². The van der Waals surface area contributed by atoms with Crippen molar-refractivity contribution in [2.75, 3.05) is 7.11 Å². The van der Waals surface area contributed by atoms with Gasteiger partial charge in [-0.05, 0) is 85.1 Å². The van der Waals surface area contributed by atoms with Crippen molar-refractivity contribution < 1.29 is 18.7 Å². The van der Waals surface area contributed by atoms with Gasteiger partial charge in [0.2, 0.25) is 0 Å². The summed E-state index contributed by atoms with van der Waals surface area (Å²) in [6.07, 6.45) is 1.63. The third-order valence-corrected chi connectivity index (χ3v) is 6.18. The molecule has 0 atom stereocenters. The number of benzene rings is 2. The Labute approximate surface area is 181 Å². The highest BCUT2D eigenvalue weighted by atomic mass is 79.9. The zero-order chi connectivity index (χ0) is 19.7. The number of carbonyl (C=O) groups excluding carboxylic acids is 2. The van der Waals surface area contributed by atoms with E-state index in [0.717, 1.165) is 28.3 Å². The van der Waals surface area contributed by atoms with Gasteiger partial charge in [0.05, 0.1) is 27.5 Å². The van der Waals surface area contributed by atoms with Gasteiger partial charge in [0, 0.05) is 5.02 Å². The molecule has 4 nitrogen and oxygen atoms in total. The number of halogens is 4. The molecule has 0 aromatic heterocycles.